The summed E-state index contributed by atoms with van der Waals surface area (Å²) in [5, 5.41) is 9.03. The Morgan fingerprint density at radius 1 is 1.38 bits per heavy atom. The van der Waals surface area contributed by atoms with Crippen LogP contribution in [0.5, 0.6) is 0 Å². The first-order valence-electron chi connectivity index (χ1n) is 8.71. The normalized spacial score (nSPS) is 17.7. The Kier molecular flexibility index (Phi) is 5.29. The smallest absolute Gasteiger partial charge is 0.245 e. The second-order valence-corrected chi connectivity index (χ2v) is 6.43. The number of carbonyl (C=O) groups is 1. The van der Waals surface area contributed by atoms with Crippen LogP contribution in [-0.2, 0) is 4.79 Å². The van der Waals surface area contributed by atoms with E-state index in [9.17, 15) is 9.18 Å². The van der Waals surface area contributed by atoms with Crippen LogP contribution in [0.4, 0.5) is 16.0 Å². The molecule has 2 atom stereocenters. The van der Waals surface area contributed by atoms with Crippen molar-refractivity contribution in [3.05, 3.63) is 42.0 Å². The third kappa shape index (κ3) is 3.58. The number of carbonyl (C=O) groups excluding carboxylic acids is 1. The molecule has 3 N–H and O–H groups in total. The van der Waals surface area contributed by atoms with Crippen LogP contribution in [0.25, 0.3) is 0 Å². The van der Waals surface area contributed by atoms with Gasteiger partial charge in [0.25, 0.3) is 0 Å². The summed E-state index contributed by atoms with van der Waals surface area (Å²) in [6, 6.07) is 5.63. The van der Waals surface area contributed by atoms with Crippen molar-refractivity contribution >= 4 is 17.5 Å². The van der Waals surface area contributed by atoms with Crippen molar-refractivity contribution in [3.8, 4) is 0 Å². The lowest BCUT2D eigenvalue weighted by molar-refractivity contribution is -0.125. The van der Waals surface area contributed by atoms with Gasteiger partial charge in [0.15, 0.2) is 0 Å². The number of nitrogens with one attached hydrogen (secondary N) is 3. The molecule has 2 aromatic rings. The third-order valence-corrected chi connectivity index (χ3v) is 4.67. The van der Waals surface area contributed by atoms with Gasteiger partial charge in [-0.25, -0.2) is 19.3 Å². The highest BCUT2D eigenvalue weighted by Gasteiger charge is 2.32. The fraction of sp³-hybridized carbons (Fsp3) is 0.444. The van der Waals surface area contributed by atoms with E-state index in [0.29, 0.717) is 24.6 Å². The average Bonchev–Trinajstić information content (AvgIpc) is 3.10. The summed E-state index contributed by atoms with van der Waals surface area (Å²) in [5.41, 5.74) is 0.178. The van der Waals surface area contributed by atoms with E-state index in [4.69, 9.17) is 0 Å². The van der Waals surface area contributed by atoms with Gasteiger partial charge >= 0.3 is 0 Å². The zero-order valence-electron chi connectivity index (χ0n) is 14.9. The van der Waals surface area contributed by atoms with Gasteiger partial charge in [0.1, 0.15) is 29.7 Å². The molecule has 1 amide bonds. The van der Waals surface area contributed by atoms with E-state index in [0.717, 1.165) is 11.4 Å². The van der Waals surface area contributed by atoms with Crippen molar-refractivity contribution in [2.75, 3.05) is 30.4 Å². The predicted octanol–water partition coefficient (Wildman–Crippen LogP) is 2.10. The Morgan fingerprint density at radius 2 is 2.23 bits per heavy atom. The number of alkyl halides is 1. The molecule has 7 nitrogen and oxygen atoms in total. The Morgan fingerprint density at radius 3 is 3.00 bits per heavy atom. The van der Waals surface area contributed by atoms with Crippen LogP contribution in [0, 0.1) is 0 Å². The minimum atomic E-state index is -0.881. The number of hydrogen-bond donors (Lipinski definition) is 3. The second kappa shape index (κ2) is 7.63. The minimum absolute atomic E-state index is 0.00263. The highest BCUT2D eigenvalue weighted by Crippen LogP contribution is 2.33. The SMILES string of the molecule is CC[C@@](C)(Nc1ccnc(C2CNc3ncccc32)n1)C(=O)NCCF. The standard InChI is InChI=1S/C18H23FN6O/c1-3-18(2,17(26)22-10-7-19)25-14-6-9-21-16(24-14)13-11-23-15-12(13)5-4-8-20-15/h4-6,8-9,13H,3,7,10-11H2,1-2H3,(H,20,23)(H,22,26)(H,21,24,25)/t13?,18-/m1/s1. The topological polar surface area (TPSA) is 91.8 Å². The van der Waals surface area contributed by atoms with E-state index in [1.165, 1.54) is 0 Å². The number of anilines is 2. The molecule has 1 aliphatic rings. The maximum absolute atomic E-state index is 12.4. The number of pyridine rings is 1. The molecule has 0 saturated heterocycles. The second-order valence-electron chi connectivity index (χ2n) is 6.43. The Hall–Kier alpha value is -2.77. The molecule has 0 aliphatic carbocycles. The van der Waals surface area contributed by atoms with Crippen LogP contribution in [0.15, 0.2) is 30.6 Å². The van der Waals surface area contributed by atoms with Gasteiger partial charge in [0, 0.05) is 31.0 Å². The number of fused-ring (bicyclic) bond motifs is 1. The highest BCUT2D eigenvalue weighted by molar-refractivity contribution is 5.88. The highest BCUT2D eigenvalue weighted by atomic mass is 19.1. The molecule has 26 heavy (non-hydrogen) atoms. The molecule has 0 aromatic carbocycles. The average molecular weight is 358 g/mol. The van der Waals surface area contributed by atoms with Crippen molar-refractivity contribution in [2.45, 2.75) is 31.7 Å². The zero-order chi connectivity index (χ0) is 18.6. The summed E-state index contributed by atoms with van der Waals surface area (Å²) >= 11 is 0. The van der Waals surface area contributed by atoms with Crippen molar-refractivity contribution in [3.63, 3.8) is 0 Å². The summed E-state index contributed by atoms with van der Waals surface area (Å²) in [6.07, 6.45) is 3.95. The van der Waals surface area contributed by atoms with Crippen molar-refractivity contribution in [2.24, 2.45) is 0 Å². The van der Waals surface area contributed by atoms with Gasteiger partial charge in [-0.2, -0.15) is 0 Å². The molecule has 0 saturated carbocycles. The first-order valence-corrected chi connectivity index (χ1v) is 8.71. The quantitative estimate of drug-likeness (QED) is 0.702. The summed E-state index contributed by atoms with van der Waals surface area (Å²) in [4.78, 5) is 25.7. The largest absolute Gasteiger partial charge is 0.369 e. The van der Waals surface area contributed by atoms with Gasteiger partial charge in [-0.1, -0.05) is 13.0 Å². The molecular formula is C18H23FN6O. The van der Waals surface area contributed by atoms with Gasteiger partial charge in [0.05, 0.1) is 5.92 Å². The van der Waals surface area contributed by atoms with E-state index < -0.39 is 12.2 Å². The lowest BCUT2D eigenvalue weighted by Crippen LogP contribution is -2.50. The molecule has 0 bridgehead atoms. The molecule has 138 valence electrons. The van der Waals surface area contributed by atoms with E-state index in [1.54, 1.807) is 25.4 Å². The van der Waals surface area contributed by atoms with Crippen LogP contribution in [-0.4, -0.2) is 46.2 Å². The minimum Gasteiger partial charge on any atom is -0.369 e. The number of aromatic nitrogens is 3. The van der Waals surface area contributed by atoms with Crippen LogP contribution < -0.4 is 16.0 Å². The summed E-state index contributed by atoms with van der Waals surface area (Å²) < 4.78 is 12.4. The Bertz CT molecular complexity index is 786. The van der Waals surface area contributed by atoms with Crippen LogP contribution in [0.3, 0.4) is 0 Å². The van der Waals surface area contributed by atoms with Crippen molar-refractivity contribution in [1.82, 2.24) is 20.3 Å². The van der Waals surface area contributed by atoms with Gasteiger partial charge in [-0.15, -0.1) is 0 Å². The lowest BCUT2D eigenvalue weighted by atomic mass is 9.97. The Balaban J connectivity index is 1.80. The van der Waals surface area contributed by atoms with Crippen molar-refractivity contribution in [1.29, 1.82) is 0 Å². The van der Waals surface area contributed by atoms with Gasteiger partial charge < -0.3 is 16.0 Å². The fourth-order valence-corrected chi connectivity index (χ4v) is 2.94. The predicted molar refractivity (Wildman–Crippen MR) is 97.9 cm³/mol. The maximum Gasteiger partial charge on any atom is 0.245 e. The molecule has 3 heterocycles. The monoisotopic (exact) mass is 358 g/mol. The number of halogens is 1. The molecular weight excluding hydrogens is 335 g/mol. The number of rotatable bonds is 7. The van der Waals surface area contributed by atoms with Crippen LogP contribution in [0.2, 0.25) is 0 Å². The molecule has 0 fully saturated rings. The van der Waals surface area contributed by atoms with E-state index in [-0.39, 0.29) is 18.4 Å². The number of amides is 1. The van der Waals surface area contributed by atoms with Crippen molar-refractivity contribution < 1.29 is 9.18 Å². The van der Waals surface area contributed by atoms with E-state index in [2.05, 4.69) is 30.9 Å². The summed E-state index contributed by atoms with van der Waals surface area (Å²) in [5.74, 6) is 1.83. The lowest BCUT2D eigenvalue weighted by Gasteiger charge is -2.29. The summed E-state index contributed by atoms with van der Waals surface area (Å²) in [7, 11) is 0. The number of nitrogens with zero attached hydrogens (tertiary/aromatic N) is 3. The Labute approximate surface area is 151 Å². The van der Waals surface area contributed by atoms with Crippen LogP contribution in [0.1, 0.15) is 37.6 Å². The fourth-order valence-electron chi connectivity index (χ4n) is 2.94. The first-order chi connectivity index (χ1) is 12.6. The molecule has 1 unspecified atom stereocenters. The molecule has 3 rings (SSSR count). The molecule has 0 spiro atoms. The summed E-state index contributed by atoms with van der Waals surface area (Å²) in [6.45, 7) is 3.76. The van der Waals surface area contributed by atoms with Gasteiger partial charge in [0.2, 0.25) is 5.91 Å². The maximum atomic E-state index is 12.4. The zero-order valence-corrected chi connectivity index (χ0v) is 14.9. The van der Waals surface area contributed by atoms with Gasteiger partial charge in [-0.05, 0) is 25.5 Å². The third-order valence-electron chi connectivity index (χ3n) is 4.67. The molecule has 8 heteroatoms. The number of hydrogen-bond acceptors (Lipinski definition) is 6. The molecule has 1 aliphatic heterocycles. The first kappa shape index (κ1) is 18.0. The molecule has 2 aromatic heterocycles. The van der Waals surface area contributed by atoms with Gasteiger partial charge in [-0.3, -0.25) is 4.79 Å². The molecule has 0 radical (unpaired) electrons. The van der Waals surface area contributed by atoms with E-state index >= 15 is 0 Å². The van der Waals surface area contributed by atoms with E-state index in [1.807, 2.05) is 19.1 Å². The van der Waals surface area contributed by atoms with Crippen LogP contribution >= 0.6 is 0 Å².